The van der Waals surface area contributed by atoms with Gasteiger partial charge < -0.3 is 9.47 Å². The van der Waals surface area contributed by atoms with Crippen LogP contribution in [0.3, 0.4) is 0 Å². The number of hydrogen-bond donors (Lipinski definition) is 0. The van der Waals surface area contributed by atoms with Gasteiger partial charge >= 0.3 is 0 Å². The van der Waals surface area contributed by atoms with Crippen LogP contribution in [-0.4, -0.2) is 17.1 Å². The highest BCUT2D eigenvalue weighted by Crippen LogP contribution is 2.54. The van der Waals surface area contributed by atoms with E-state index in [1.54, 1.807) is 0 Å². The highest BCUT2D eigenvalue weighted by atomic mass is 32.2. The minimum Gasteiger partial charge on any atom is -0.488 e. The molecule has 0 N–H and O–H groups in total. The quantitative estimate of drug-likeness (QED) is 0.504. The summed E-state index contributed by atoms with van der Waals surface area (Å²) in [5, 5.41) is 0. The van der Waals surface area contributed by atoms with Gasteiger partial charge in [-0.1, -0.05) is 26.0 Å². The molecule has 0 saturated carbocycles. The van der Waals surface area contributed by atoms with Crippen LogP contribution in [0.15, 0.2) is 48.5 Å². The smallest absolute Gasteiger partial charge is 0.127 e. The van der Waals surface area contributed by atoms with Crippen LogP contribution < -0.4 is 9.47 Å². The maximum absolute atomic E-state index is 6.00. The Balaban J connectivity index is 1.66. The Morgan fingerprint density at radius 1 is 0.846 bits per heavy atom. The first-order chi connectivity index (χ1) is 12.5. The molecule has 0 aliphatic carbocycles. The summed E-state index contributed by atoms with van der Waals surface area (Å²) in [7, 11) is 0. The second kappa shape index (κ2) is 8.18. The Hall–Kier alpha value is -1.26. The van der Waals surface area contributed by atoms with Crippen molar-refractivity contribution in [2.75, 3.05) is 11.5 Å². The standard InChI is InChI=1S/C22H28O2S2/c1-5-21(3,4)24-20-13-11-19(12-14-20)23-18-9-7-17(8-10-18)22(6-2)25-15-16-26-22/h7-14H,5-6,15-16H2,1-4H3. The van der Waals surface area contributed by atoms with E-state index in [1.807, 2.05) is 24.3 Å². The van der Waals surface area contributed by atoms with Gasteiger partial charge in [-0.25, -0.2) is 0 Å². The molecule has 140 valence electrons. The minimum atomic E-state index is -0.149. The van der Waals surface area contributed by atoms with Gasteiger partial charge in [0, 0.05) is 11.5 Å². The largest absolute Gasteiger partial charge is 0.488 e. The molecule has 0 spiro atoms. The van der Waals surface area contributed by atoms with Crippen LogP contribution in [0.5, 0.6) is 17.2 Å². The molecule has 0 radical (unpaired) electrons. The van der Waals surface area contributed by atoms with Crippen LogP contribution in [0, 0.1) is 0 Å². The summed E-state index contributed by atoms with van der Waals surface area (Å²) in [5.41, 5.74) is 1.24. The second-order valence-corrected chi connectivity index (χ2v) is 10.2. The van der Waals surface area contributed by atoms with Gasteiger partial charge in [-0.15, -0.1) is 23.5 Å². The summed E-state index contributed by atoms with van der Waals surface area (Å²) in [5.74, 6) is 5.05. The summed E-state index contributed by atoms with van der Waals surface area (Å²) in [6, 6.07) is 16.5. The fraction of sp³-hybridized carbons (Fsp3) is 0.455. The predicted molar refractivity (Wildman–Crippen MR) is 115 cm³/mol. The van der Waals surface area contributed by atoms with Crippen molar-refractivity contribution in [2.24, 2.45) is 0 Å². The Kier molecular flexibility index (Phi) is 6.13. The maximum Gasteiger partial charge on any atom is 0.127 e. The molecule has 0 bridgehead atoms. The molecule has 2 aromatic carbocycles. The molecule has 2 nitrogen and oxygen atoms in total. The zero-order valence-corrected chi connectivity index (χ0v) is 17.7. The number of thioether (sulfide) groups is 2. The molecular formula is C22H28O2S2. The van der Waals surface area contributed by atoms with E-state index in [2.05, 4.69) is 75.5 Å². The first-order valence-electron chi connectivity index (χ1n) is 9.32. The summed E-state index contributed by atoms with van der Waals surface area (Å²) in [6.07, 6.45) is 2.12. The van der Waals surface area contributed by atoms with Crippen molar-refractivity contribution in [1.29, 1.82) is 0 Å². The summed E-state index contributed by atoms with van der Waals surface area (Å²) in [6.45, 7) is 8.61. The molecule has 26 heavy (non-hydrogen) atoms. The lowest BCUT2D eigenvalue weighted by Crippen LogP contribution is -2.26. The lowest BCUT2D eigenvalue weighted by atomic mass is 10.1. The fourth-order valence-electron chi connectivity index (χ4n) is 2.91. The van der Waals surface area contributed by atoms with Crippen molar-refractivity contribution >= 4 is 23.5 Å². The molecule has 1 fully saturated rings. The number of ether oxygens (including phenoxy) is 2. The molecule has 1 aliphatic heterocycles. The molecule has 0 unspecified atom stereocenters. The highest BCUT2D eigenvalue weighted by molar-refractivity contribution is 8.20. The van der Waals surface area contributed by atoms with Gasteiger partial charge in [-0.3, -0.25) is 0 Å². The van der Waals surface area contributed by atoms with Crippen LogP contribution in [0.25, 0.3) is 0 Å². The fourth-order valence-corrected chi connectivity index (χ4v) is 6.08. The predicted octanol–water partition coefficient (Wildman–Crippen LogP) is 7.09. The van der Waals surface area contributed by atoms with Crippen molar-refractivity contribution in [2.45, 2.75) is 50.2 Å². The average Bonchev–Trinajstić information content (AvgIpc) is 3.14. The monoisotopic (exact) mass is 388 g/mol. The van der Waals surface area contributed by atoms with Gasteiger partial charge in [0.25, 0.3) is 0 Å². The summed E-state index contributed by atoms with van der Waals surface area (Å²) >= 11 is 4.14. The van der Waals surface area contributed by atoms with E-state index in [4.69, 9.17) is 9.47 Å². The van der Waals surface area contributed by atoms with Crippen molar-refractivity contribution in [3.05, 3.63) is 54.1 Å². The third-order valence-corrected chi connectivity index (χ3v) is 8.58. The van der Waals surface area contributed by atoms with Crippen LogP contribution >= 0.6 is 23.5 Å². The lowest BCUT2D eigenvalue weighted by molar-refractivity contribution is 0.105. The molecule has 2 aromatic rings. The third kappa shape index (κ3) is 4.52. The number of benzene rings is 2. The lowest BCUT2D eigenvalue weighted by Gasteiger charge is -2.26. The van der Waals surface area contributed by atoms with E-state index in [0.717, 1.165) is 30.1 Å². The number of rotatable bonds is 7. The van der Waals surface area contributed by atoms with Crippen LogP contribution in [0.4, 0.5) is 0 Å². The van der Waals surface area contributed by atoms with E-state index in [9.17, 15) is 0 Å². The summed E-state index contributed by atoms with van der Waals surface area (Å²) < 4.78 is 12.2. The van der Waals surface area contributed by atoms with Gasteiger partial charge in [0.15, 0.2) is 0 Å². The van der Waals surface area contributed by atoms with E-state index in [1.165, 1.54) is 17.1 Å². The topological polar surface area (TPSA) is 18.5 Å². The van der Waals surface area contributed by atoms with Crippen molar-refractivity contribution in [1.82, 2.24) is 0 Å². The third-order valence-electron chi connectivity index (χ3n) is 4.82. The molecule has 3 rings (SSSR count). The molecule has 0 aromatic heterocycles. The van der Waals surface area contributed by atoms with Crippen molar-refractivity contribution < 1.29 is 9.47 Å². The highest BCUT2D eigenvalue weighted by Gasteiger charge is 2.35. The molecule has 1 saturated heterocycles. The first-order valence-corrected chi connectivity index (χ1v) is 11.3. The Labute approximate surface area is 166 Å². The van der Waals surface area contributed by atoms with E-state index in [0.29, 0.717) is 0 Å². The molecule has 4 heteroatoms. The van der Waals surface area contributed by atoms with Gasteiger partial charge in [0.2, 0.25) is 0 Å². The van der Waals surface area contributed by atoms with Gasteiger partial charge in [0.1, 0.15) is 22.8 Å². The zero-order chi connectivity index (χ0) is 18.6. The van der Waals surface area contributed by atoms with Crippen LogP contribution in [0.2, 0.25) is 0 Å². The minimum absolute atomic E-state index is 0.149. The second-order valence-electron chi connectivity index (χ2n) is 7.12. The van der Waals surface area contributed by atoms with Gasteiger partial charge in [-0.2, -0.15) is 0 Å². The molecule has 0 atom stereocenters. The molecule has 0 amide bonds. The Morgan fingerprint density at radius 2 is 1.35 bits per heavy atom. The Bertz CT molecular complexity index is 702. The van der Waals surface area contributed by atoms with E-state index < -0.39 is 0 Å². The molecular weight excluding hydrogens is 360 g/mol. The van der Waals surface area contributed by atoms with E-state index >= 15 is 0 Å². The summed E-state index contributed by atoms with van der Waals surface area (Å²) in [4.78, 5) is 0. The first kappa shape index (κ1) is 19.5. The zero-order valence-electron chi connectivity index (χ0n) is 16.1. The van der Waals surface area contributed by atoms with E-state index in [-0.39, 0.29) is 9.68 Å². The maximum atomic E-state index is 6.00. The molecule has 1 heterocycles. The number of hydrogen-bond acceptors (Lipinski definition) is 4. The normalized spacial score (nSPS) is 16.5. The SMILES string of the molecule is CCC(C)(C)Oc1ccc(Oc2ccc(C3(CC)SCCS3)cc2)cc1. The van der Waals surface area contributed by atoms with Crippen LogP contribution in [0.1, 0.15) is 46.1 Å². The van der Waals surface area contributed by atoms with Crippen molar-refractivity contribution in [3.63, 3.8) is 0 Å². The molecule has 1 aliphatic rings. The van der Waals surface area contributed by atoms with Crippen molar-refractivity contribution in [3.8, 4) is 17.2 Å². The van der Waals surface area contributed by atoms with Gasteiger partial charge in [0.05, 0.1) is 4.08 Å². The Morgan fingerprint density at radius 3 is 1.85 bits per heavy atom. The van der Waals surface area contributed by atoms with Gasteiger partial charge in [-0.05, 0) is 68.7 Å². The average molecular weight is 389 g/mol. The van der Waals surface area contributed by atoms with Crippen LogP contribution in [-0.2, 0) is 4.08 Å².